The Morgan fingerprint density at radius 3 is 2.57 bits per heavy atom. The van der Waals surface area contributed by atoms with Crippen molar-refractivity contribution < 1.29 is 14.7 Å². The van der Waals surface area contributed by atoms with Gasteiger partial charge in [-0.15, -0.1) is 0 Å². The van der Waals surface area contributed by atoms with Gasteiger partial charge in [0.2, 0.25) is 5.91 Å². The lowest BCUT2D eigenvalue weighted by molar-refractivity contribution is -0.138. The zero-order valence-corrected chi connectivity index (χ0v) is 11.7. The molecule has 2 rings (SSSR count). The number of amides is 1. The van der Waals surface area contributed by atoms with Crippen molar-refractivity contribution in [2.45, 2.75) is 26.3 Å². The van der Waals surface area contributed by atoms with Crippen LogP contribution in [0.2, 0.25) is 0 Å². The van der Waals surface area contributed by atoms with E-state index in [2.05, 4.69) is 10.4 Å². The predicted molar refractivity (Wildman–Crippen MR) is 78.0 cm³/mol. The average Bonchev–Trinajstić information content (AvgIpc) is 2.86. The summed E-state index contributed by atoms with van der Waals surface area (Å²) < 4.78 is 1.72. The lowest BCUT2D eigenvalue weighted by atomic mass is 10.1. The second kappa shape index (κ2) is 6.69. The number of aliphatic carboxylic acids is 1. The van der Waals surface area contributed by atoms with Crippen molar-refractivity contribution in [3.8, 4) is 0 Å². The Hall–Kier alpha value is -2.63. The number of carboxylic acids is 1. The summed E-state index contributed by atoms with van der Waals surface area (Å²) in [4.78, 5) is 21.9. The van der Waals surface area contributed by atoms with Crippen LogP contribution in [0.5, 0.6) is 0 Å². The average molecular weight is 287 g/mol. The Kier molecular flexibility index (Phi) is 4.71. The molecule has 0 saturated heterocycles. The molecule has 2 aromatic rings. The van der Waals surface area contributed by atoms with Gasteiger partial charge in [-0.1, -0.05) is 29.8 Å². The summed E-state index contributed by atoms with van der Waals surface area (Å²) in [7, 11) is 0. The van der Waals surface area contributed by atoms with E-state index in [0.29, 0.717) is 12.4 Å². The number of aromatic nitrogens is 2. The topological polar surface area (TPSA) is 84.2 Å². The number of rotatable bonds is 6. The summed E-state index contributed by atoms with van der Waals surface area (Å²) in [6, 6.07) is 9.82. The predicted octanol–water partition coefficient (Wildman–Crippen LogP) is 2.04. The van der Waals surface area contributed by atoms with Gasteiger partial charge in [-0.2, -0.15) is 5.10 Å². The molecule has 1 heterocycles. The lowest BCUT2D eigenvalue weighted by Crippen LogP contribution is -2.14. The summed E-state index contributed by atoms with van der Waals surface area (Å²) >= 11 is 0. The smallest absolute Gasteiger partial charge is 0.303 e. The van der Waals surface area contributed by atoms with Crippen LogP contribution in [0.25, 0.3) is 0 Å². The maximum Gasteiger partial charge on any atom is 0.303 e. The molecular weight excluding hydrogens is 270 g/mol. The maximum atomic E-state index is 11.5. The second-order valence-corrected chi connectivity index (χ2v) is 4.83. The Labute approximate surface area is 122 Å². The SMILES string of the molecule is Cc1ccc(Cn2ccc(NC(=O)CCC(=O)O)n2)cc1. The third kappa shape index (κ3) is 4.76. The van der Waals surface area contributed by atoms with Crippen LogP contribution >= 0.6 is 0 Å². The van der Waals surface area contributed by atoms with Crippen molar-refractivity contribution in [2.75, 3.05) is 5.32 Å². The first-order valence-electron chi connectivity index (χ1n) is 6.63. The monoisotopic (exact) mass is 287 g/mol. The molecule has 0 aliphatic heterocycles. The number of carboxylic acid groups (broad SMARTS) is 1. The molecule has 0 aliphatic rings. The van der Waals surface area contributed by atoms with Gasteiger partial charge in [0.1, 0.15) is 0 Å². The highest BCUT2D eigenvalue weighted by molar-refractivity contribution is 5.91. The van der Waals surface area contributed by atoms with E-state index in [1.54, 1.807) is 16.9 Å². The van der Waals surface area contributed by atoms with E-state index < -0.39 is 5.97 Å². The number of aryl methyl sites for hydroxylation is 1. The molecule has 1 amide bonds. The molecule has 0 aliphatic carbocycles. The van der Waals surface area contributed by atoms with Crippen LogP contribution in [0, 0.1) is 6.92 Å². The van der Waals surface area contributed by atoms with Crippen molar-refractivity contribution in [3.05, 3.63) is 47.7 Å². The van der Waals surface area contributed by atoms with Crippen molar-refractivity contribution in [3.63, 3.8) is 0 Å². The van der Waals surface area contributed by atoms with E-state index in [-0.39, 0.29) is 18.7 Å². The summed E-state index contributed by atoms with van der Waals surface area (Å²) in [5, 5.41) is 15.3. The van der Waals surface area contributed by atoms with Gasteiger partial charge in [0.05, 0.1) is 13.0 Å². The molecule has 0 saturated carbocycles. The molecule has 0 radical (unpaired) electrons. The maximum absolute atomic E-state index is 11.5. The van der Waals surface area contributed by atoms with E-state index >= 15 is 0 Å². The normalized spacial score (nSPS) is 10.3. The van der Waals surface area contributed by atoms with Crippen molar-refractivity contribution in [2.24, 2.45) is 0 Å². The van der Waals surface area contributed by atoms with Crippen LogP contribution in [0.3, 0.4) is 0 Å². The molecule has 0 atom stereocenters. The van der Waals surface area contributed by atoms with Crippen LogP contribution in [-0.2, 0) is 16.1 Å². The van der Waals surface area contributed by atoms with E-state index in [4.69, 9.17) is 5.11 Å². The van der Waals surface area contributed by atoms with E-state index in [1.807, 2.05) is 31.2 Å². The minimum atomic E-state index is -0.991. The van der Waals surface area contributed by atoms with E-state index in [1.165, 1.54) is 5.56 Å². The quantitative estimate of drug-likeness (QED) is 0.851. The van der Waals surface area contributed by atoms with Gasteiger partial charge < -0.3 is 10.4 Å². The molecule has 0 spiro atoms. The molecular formula is C15H17N3O3. The number of carbonyl (C=O) groups excluding carboxylic acids is 1. The highest BCUT2D eigenvalue weighted by Crippen LogP contribution is 2.08. The first kappa shape index (κ1) is 14.8. The van der Waals surface area contributed by atoms with Gasteiger partial charge in [-0.25, -0.2) is 0 Å². The van der Waals surface area contributed by atoms with Crippen LogP contribution in [0.15, 0.2) is 36.5 Å². The Bertz CT molecular complexity index is 632. The number of benzene rings is 1. The minimum absolute atomic E-state index is 0.0554. The van der Waals surface area contributed by atoms with Gasteiger partial charge in [-0.05, 0) is 12.5 Å². The third-order valence-electron chi connectivity index (χ3n) is 2.94. The fraction of sp³-hybridized carbons (Fsp3) is 0.267. The summed E-state index contributed by atoms with van der Waals surface area (Å²) in [6.45, 7) is 2.65. The molecule has 0 fully saturated rings. The third-order valence-corrected chi connectivity index (χ3v) is 2.94. The zero-order valence-electron chi connectivity index (χ0n) is 11.7. The van der Waals surface area contributed by atoms with Crippen LogP contribution < -0.4 is 5.32 Å². The first-order chi connectivity index (χ1) is 10.0. The van der Waals surface area contributed by atoms with Crippen LogP contribution in [0.4, 0.5) is 5.82 Å². The fourth-order valence-electron chi connectivity index (χ4n) is 1.82. The van der Waals surface area contributed by atoms with Crippen LogP contribution in [0.1, 0.15) is 24.0 Å². The van der Waals surface area contributed by atoms with Crippen molar-refractivity contribution in [1.82, 2.24) is 9.78 Å². The van der Waals surface area contributed by atoms with Gasteiger partial charge in [-0.3, -0.25) is 14.3 Å². The standard InChI is InChI=1S/C15H17N3O3/c1-11-2-4-12(5-3-11)10-18-9-8-13(17-18)16-14(19)6-7-15(20)21/h2-5,8-9H,6-7,10H2,1H3,(H,20,21)(H,16,17,19). The number of hydrogen-bond acceptors (Lipinski definition) is 3. The van der Waals surface area contributed by atoms with Gasteiger partial charge in [0.25, 0.3) is 0 Å². The largest absolute Gasteiger partial charge is 0.481 e. The highest BCUT2D eigenvalue weighted by atomic mass is 16.4. The van der Waals surface area contributed by atoms with Crippen LogP contribution in [-0.4, -0.2) is 26.8 Å². The van der Waals surface area contributed by atoms with Gasteiger partial charge >= 0.3 is 5.97 Å². The lowest BCUT2D eigenvalue weighted by Gasteiger charge is -2.03. The molecule has 1 aromatic heterocycles. The summed E-state index contributed by atoms with van der Waals surface area (Å²) in [5.41, 5.74) is 2.32. The fourth-order valence-corrected chi connectivity index (χ4v) is 1.82. The van der Waals surface area contributed by atoms with E-state index in [9.17, 15) is 9.59 Å². The number of nitrogens with one attached hydrogen (secondary N) is 1. The molecule has 0 unspecified atom stereocenters. The second-order valence-electron chi connectivity index (χ2n) is 4.83. The summed E-state index contributed by atoms with van der Waals surface area (Å²) in [6.07, 6.45) is 1.53. The number of nitrogens with zero attached hydrogens (tertiary/aromatic N) is 2. The molecule has 0 bridgehead atoms. The van der Waals surface area contributed by atoms with E-state index in [0.717, 1.165) is 5.56 Å². The Morgan fingerprint density at radius 1 is 1.19 bits per heavy atom. The Balaban J connectivity index is 1.90. The van der Waals surface area contributed by atoms with Crippen molar-refractivity contribution >= 4 is 17.7 Å². The molecule has 110 valence electrons. The molecule has 6 nitrogen and oxygen atoms in total. The molecule has 6 heteroatoms. The highest BCUT2D eigenvalue weighted by Gasteiger charge is 2.07. The first-order valence-corrected chi connectivity index (χ1v) is 6.63. The molecule has 2 N–H and O–H groups in total. The summed E-state index contributed by atoms with van der Waals surface area (Å²) in [5.74, 6) is -0.912. The zero-order chi connectivity index (χ0) is 15.2. The Morgan fingerprint density at radius 2 is 1.90 bits per heavy atom. The molecule has 21 heavy (non-hydrogen) atoms. The minimum Gasteiger partial charge on any atom is -0.481 e. The molecule has 1 aromatic carbocycles. The number of carbonyl (C=O) groups is 2. The number of hydrogen-bond donors (Lipinski definition) is 2. The van der Waals surface area contributed by atoms with Gasteiger partial charge in [0.15, 0.2) is 5.82 Å². The van der Waals surface area contributed by atoms with Crippen molar-refractivity contribution in [1.29, 1.82) is 0 Å². The number of anilines is 1. The van der Waals surface area contributed by atoms with Gasteiger partial charge in [0, 0.05) is 18.7 Å².